The number of alkyl halides is 2. The summed E-state index contributed by atoms with van der Waals surface area (Å²) >= 11 is 0. The van der Waals surface area contributed by atoms with E-state index in [2.05, 4.69) is 0 Å². The molecule has 12 heavy (non-hydrogen) atoms. The molecule has 2 nitrogen and oxygen atoms in total. The lowest BCUT2D eigenvalue weighted by molar-refractivity contribution is -0.295. The molecule has 0 saturated heterocycles. The molecule has 0 atom stereocenters. The Labute approximate surface area is 71.8 Å². The standard InChI is InChI=1S/C8H16F2O2/c9-5-1-3-7-11-12-8-4-2-6-10/h1-8H2. The van der Waals surface area contributed by atoms with Gasteiger partial charge in [0.05, 0.1) is 26.6 Å². The van der Waals surface area contributed by atoms with Crippen molar-refractivity contribution in [2.75, 3.05) is 26.6 Å². The molecule has 0 aromatic rings. The molecule has 74 valence electrons. The minimum atomic E-state index is -0.314. The summed E-state index contributed by atoms with van der Waals surface area (Å²) in [5, 5.41) is 0. The van der Waals surface area contributed by atoms with Crippen LogP contribution in [0.5, 0.6) is 0 Å². The molecule has 0 rings (SSSR count). The second kappa shape index (κ2) is 10.8. The molecular formula is C8H16F2O2. The highest BCUT2D eigenvalue weighted by molar-refractivity contribution is 4.34. The van der Waals surface area contributed by atoms with Crippen molar-refractivity contribution < 1.29 is 18.6 Å². The molecule has 0 radical (unpaired) electrons. The molecule has 0 amide bonds. The van der Waals surface area contributed by atoms with E-state index in [4.69, 9.17) is 9.78 Å². The van der Waals surface area contributed by atoms with Gasteiger partial charge in [0.2, 0.25) is 0 Å². The SMILES string of the molecule is FCCCCOOCCCCF. The lowest BCUT2D eigenvalue weighted by Gasteiger charge is -2.01. The largest absolute Gasteiger partial charge is 0.251 e. The summed E-state index contributed by atoms with van der Waals surface area (Å²) in [6.45, 7) is 0.204. The van der Waals surface area contributed by atoms with Gasteiger partial charge in [0.15, 0.2) is 0 Å². The second-order valence-corrected chi connectivity index (χ2v) is 2.44. The molecule has 0 aliphatic carbocycles. The number of rotatable bonds is 9. The molecule has 0 N–H and O–H groups in total. The molecule has 0 aromatic carbocycles. The van der Waals surface area contributed by atoms with Gasteiger partial charge in [-0.15, -0.1) is 0 Å². The summed E-state index contributed by atoms with van der Waals surface area (Å²) < 4.78 is 23.1. The number of hydrogen-bond donors (Lipinski definition) is 0. The number of halogens is 2. The normalized spacial score (nSPS) is 10.5. The van der Waals surface area contributed by atoms with Crippen LogP contribution in [-0.2, 0) is 9.78 Å². The van der Waals surface area contributed by atoms with Gasteiger partial charge >= 0.3 is 0 Å². The van der Waals surface area contributed by atoms with E-state index in [1.807, 2.05) is 0 Å². The van der Waals surface area contributed by atoms with Crippen LogP contribution in [0.2, 0.25) is 0 Å². The molecule has 0 aliphatic rings. The zero-order valence-corrected chi connectivity index (χ0v) is 7.23. The topological polar surface area (TPSA) is 18.5 Å². The predicted octanol–water partition coefficient (Wildman–Crippen LogP) is 2.43. The number of unbranched alkanes of at least 4 members (excludes halogenated alkanes) is 2. The van der Waals surface area contributed by atoms with Gasteiger partial charge in [0.1, 0.15) is 0 Å². The van der Waals surface area contributed by atoms with Gasteiger partial charge in [-0.05, 0) is 25.7 Å². The van der Waals surface area contributed by atoms with Gasteiger partial charge in [0.25, 0.3) is 0 Å². The van der Waals surface area contributed by atoms with Gasteiger partial charge < -0.3 is 0 Å². The van der Waals surface area contributed by atoms with Crippen LogP contribution in [0.25, 0.3) is 0 Å². The highest BCUT2D eigenvalue weighted by Gasteiger charge is 1.91. The Morgan fingerprint density at radius 1 is 0.667 bits per heavy atom. The maximum atomic E-state index is 11.5. The monoisotopic (exact) mass is 182 g/mol. The Hall–Kier alpha value is -0.220. The smallest absolute Gasteiger partial charge is 0.0895 e. The highest BCUT2D eigenvalue weighted by atomic mass is 19.1. The van der Waals surface area contributed by atoms with Crippen LogP contribution in [0.3, 0.4) is 0 Å². The van der Waals surface area contributed by atoms with Gasteiger partial charge in [0, 0.05) is 0 Å². The molecule has 0 unspecified atom stereocenters. The van der Waals surface area contributed by atoms with Gasteiger partial charge in [-0.2, -0.15) is 0 Å². The third-order valence-corrected chi connectivity index (χ3v) is 1.31. The lowest BCUT2D eigenvalue weighted by atomic mass is 10.3. The average molecular weight is 182 g/mol. The first-order valence-corrected chi connectivity index (χ1v) is 4.28. The summed E-state index contributed by atoms with van der Waals surface area (Å²) in [6, 6.07) is 0. The minimum absolute atomic E-state index is 0.314. The van der Waals surface area contributed by atoms with Crippen molar-refractivity contribution in [1.29, 1.82) is 0 Å². The van der Waals surface area contributed by atoms with Crippen molar-refractivity contribution in [2.24, 2.45) is 0 Å². The van der Waals surface area contributed by atoms with Crippen LogP contribution in [0.4, 0.5) is 8.78 Å². The molecule has 0 aromatic heterocycles. The van der Waals surface area contributed by atoms with E-state index in [-0.39, 0.29) is 13.3 Å². The minimum Gasteiger partial charge on any atom is -0.251 e. The molecule has 0 aliphatic heterocycles. The van der Waals surface area contributed by atoms with E-state index in [1.54, 1.807) is 0 Å². The Kier molecular flexibility index (Phi) is 10.6. The van der Waals surface area contributed by atoms with Crippen LogP contribution < -0.4 is 0 Å². The Balaban J connectivity index is 2.73. The summed E-state index contributed by atoms with van der Waals surface area (Å²) in [7, 11) is 0. The van der Waals surface area contributed by atoms with E-state index in [1.165, 1.54) is 0 Å². The van der Waals surface area contributed by atoms with Gasteiger partial charge in [-0.1, -0.05) is 0 Å². The zero-order valence-electron chi connectivity index (χ0n) is 7.23. The molecule has 0 bridgehead atoms. The van der Waals surface area contributed by atoms with Crippen molar-refractivity contribution in [1.82, 2.24) is 0 Å². The van der Waals surface area contributed by atoms with Crippen molar-refractivity contribution in [3.8, 4) is 0 Å². The molecule has 0 spiro atoms. The van der Waals surface area contributed by atoms with Gasteiger partial charge in [-0.25, -0.2) is 9.78 Å². The summed E-state index contributed by atoms with van der Waals surface area (Å²) in [4.78, 5) is 9.39. The molecular weight excluding hydrogens is 166 g/mol. The zero-order chi connectivity index (χ0) is 9.07. The van der Waals surface area contributed by atoms with E-state index in [0.29, 0.717) is 38.9 Å². The molecule has 0 heterocycles. The summed E-state index contributed by atoms with van der Waals surface area (Å²) in [6.07, 6.45) is 2.35. The van der Waals surface area contributed by atoms with Crippen molar-refractivity contribution in [3.05, 3.63) is 0 Å². The Morgan fingerprint density at radius 2 is 1.08 bits per heavy atom. The van der Waals surface area contributed by atoms with Crippen LogP contribution in [0.1, 0.15) is 25.7 Å². The average Bonchev–Trinajstić information content (AvgIpc) is 2.10. The number of hydrogen-bond acceptors (Lipinski definition) is 2. The van der Waals surface area contributed by atoms with Crippen molar-refractivity contribution in [3.63, 3.8) is 0 Å². The third kappa shape index (κ3) is 9.78. The maximum Gasteiger partial charge on any atom is 0.0895 e. The Morgan fingerprint density at radius 3 is 1.42 bits per heavy atom. The molecule has 0 fully saturated rings. The summed E-state index contributed by atoms with van der Waals surface area (Å²) in [5.41, 5.74) is 0. The van der Waals surface area contributed by atoms with Crippen LogP contribution in [-0.4, -0.2) is 26.6 Å². The third-order valence-electron chi connectivity index (χ3n) is 1.31. The summed E-state index contributed by atoms with van der Waals surface area (Å²) in [5.74, 6) is 0. The first-order chi connectivity index (χ1) is 5.91. The van der Waals surface area contributed by atoms with E-state index < -0.39 is 0 Å². The Bertz CT molecular complexity index is 71.5. The second-order valence-electron chi connectivity index (χ2n) is 2.44. The maximum absolute atomic E-state index is 11.5. The fraction of sp³-hybridized carbons (Fsp3) is 1.00. The van der Waals surface area contributed by atoms with Crippen molar-refractivity contribution in [2.45, 2.75) is 25.7 Å². The van der Waals surface area contributed by atoms with Gasteiger partial charge in [-0.3, -0.25) is 8.78 Å². The fourth-order valence-electron chi connectivity index (χ4n) is 0.629. The van der Waals surface area contributed by atoms with E-state index in [9.17, 15) is 8.78 Å². The van der Waals surface area contributed by atoms with Crippen molar-refractivity contribution >= 4 is 0 Å². The molecule has 4 heteroatoms. The molecule has 0 saturated carbocycles. The van der Waals surface area contributed by atoms with Crippen LogP contribution in [0, 0.1) is 0 Å². The quantitative estimate of drug-likeness (QED) is 0.310. The first-order valence-electron chi connectivity index (χ1n) is 4.28. The fourth-order valence-corrected chi connectivity index (χ4v) is 0.629. The van der Waals surface area contributed by atoms with E-state index in [0.717, 1.165) is 0 Å². The first kappa shape index (κ1) is 11.8. The van der Waals surface area contributed by atoms with Crippen LogP contribution >= 0.6 is 0 Å². The lowest BCUT2D eigenvalue weighted by Crippen LogP contribution is -1.99. The predicted molar refractivity (Wildman–Crippen MR) is 42.3 cm³/mol. The highest BCUT2D eigenvalue weighted by Crippen LogP contribution is 1.94. The van der Waals surface area contributed by atoms with E-state index >= 15 is 0 Å². The van der Waals surface area contributed by atoms with Crippen LogP contribution in [0.15, 0.2) is 0 Å².